The maximum atomic E-state index is 5.59. The molecule has 3 nitrogen and oxygen atoms in total. The van der Waals surface area contributed by atoms with Crippen molar-refractivity contribution in [2.24, 2.45) is 5.73 Å². The van der Waals surface area contributed by atoms with E-state index in [1.807, 2.05) is 38.1 Å². The van der Waals surface area contributed by atoms with Gasteiger partial charge in [-0.15, -0.1) is 0 Å². The van der Waals surface area contributed by atoms with Crippen LogP contribution < -0.4 is 5.73 Å². The third-order valence-electron chi connectivity index (χ3n) is 1.91. The van der Waals surface area contributed by atoms with Crippen LogP contribution in [0.25, 0.3) is 17.2 Å². The highest BCUT2D eigenvalue weighted by atomic mass is 16.3. The van der Waals surface area contributed by atoms with Crippen molar-refractivity contribution in [3.8, 4) is 0 Å². The van der Waals surface area contributed by atoms with Crippen LogP contribution in [-0.4, -0.2) is 4.98 Å². The molecular formula is C11H12N2O. The Kier molecular flexibility index (Phi) is 2.00. The Balaban J connectivity index is 2.56. The third kappa shape index (κ3) is 1.62. The summed E-state index contributed by atoms with van der Waals surface area (Å²) in [4.78, 5) is 4.24. The SMILES string of the molecule is C/C(N)=C\c1ccc2oc(C)nc2c1. The van der Waals surface area contributed by atoms with Crippen LogP contribution >= 0.6 is 0 Å². The molecule has 0 aliphatic carbocycles. The molecule has 3 heteroatoms. The Labute approximate surface area is 82.2 Å². The minimum absolute atomic E-state index is 0.686. The topological polar surface area (TPSA) is 52.0 Å². The molecule has 72 valence electrons. The number of hydrogen-bond donors (Lipinski definition) is 1. The highest BCUT2D eigenvalue weighted by molar-refractivity contribution is 5.76. The fraction of sp³-hybridized carbons (Fsp3) is 0.182. The summed E-state index contributed by atoms with van der Waals surface area (Å²) in [6, 6.07) is 5.83. The van der Waals surface area contributed by atoms with E-state index >= 15 is 0 Å². The van der Waals surface area contributed by atoms with E-state index in [9.17, 15) is 0 Å². The summed E-state index contributed by atoms with van der Waals surface area (Å²) in [7, 11) is 0. The Hall–Kier alpha value is -1.77. The Bertz CT molecular complexity index is 493. The second-order valence-electron chi connectivity index (χ2n) is 3.35. The first-order valence-electron chi connectivity index (χ1n) is 4.46. The van der Waals surface area contributed by atoms with E-state index in [1.165, 1.54) is 0 Å². The molecule has 0 saturated carbocycles. The number of nitrogens with two attached hydrogens (primary N) is 1. The number of allylic oxidation sites excluding steroid dienone is 1. The molecule has 1 aromatic carbocycles. The molecule has 0 atom stereocenters. The summed E-state index contributed by atoms with van der Waals surface area (Å²) >= 11 is 0. The van der Waals surface area contributed by atoms with Gasteiger partial charge >= 0.3 is 0 Å². The summed E-state index contributed by atoms with van der Waals surface area (Å²) in [5.41, 5.74) is 9.11. The van der Waals surface area contributed by atoms with Crippen molar-refractivity contribution in [3.63, 3.8) is 0 Å². The maximum absolute atomic E-state index is 5.59. The lowest BCUT2D eigenvalue weighted by Gasteiger charge is -1.93. The second kappa shape index (κ2) is 3.18. The van der Waals surface area contributed by atoms with Gasteiger partial charge in [0.15, 0.2) is 11.5 Å². The van der Waals surface area contributed by atoms with Gasteiger partial charge in [0.2, 0.25) is 0 Å². The summed E-state index contributed by atoms with van der Waals surface area (Å²) in [6.45, 7) is 3.70. The van der Waals surface area contributed by atoms with E-state index in [4.69, 9.17) is 10.2 Å². The number of nitrogens with zero attached hydrogens (tertiary/aromatic N) is 1. The van der Waals surface area contributed by atoms with E-state index in [0.717, 1.165) is 22.4 Å². The number of fused-ring (bicyclic) bond motifs is 1. The standard InChI is InChI=1S/C11H12N2O/c1-7(12)5-9-3-4-11-10(6-9)13-8(2)14-11/h3-6H,12H2,1-2H3/b7-5+. The van der Waals surface area contributed by atoms with Gasteiger partial charge in [-0.05, 0) is 30.7 Å². The summed E-state index contributed by atoms with van der Waals surface area (Å²) in [5.74, 6) is 0.686. The monoisotopic (exact) mass is 188 g/mol. The molecule has 0 bridgehead atoms. The molecule has 2 rings (SSSR count). The number of benzene rings is 1. The fourth-order valence-corrected chi connectivity index (χ4v) is 1.41. The predicted octanol–water partition coefficient (Wildman–Crippen LogP) is 2.46. The first-order valence-corrected chi connectivity index (χ1v) is 4.46. The average molecular weight is 188 g/mol. The molecule has 0 saturated heterocycles. The molecular weight excluding hydrogens is 176 g/mol. The number of aromatic nitrogens is 1. The molecule has 0 unspecified atom stereocenters. The lowest BCUT2D eigenvalue weighted by molar-refractivity contribution is 0.561. The Morgan fingerprint density at radius 3 is 3.00 bits per heavy atom. The van der Waals surface area contributed by atoms with Crippen molar-refractivity contribution in [2.75, 3.05) is 0 Å². The van der Waals surface area contributed by atoms with Crippen LogP contribution in [0, 0.1) is 6.92 Å². The van der Waals surface area contributed by atoms with E-state index in [1.54, 1.807) is 0 Å². The molecule has 1 aromatic heterocycles. The van der Waals surface area contributed by atoms with Crippen LogP contribution in [-0.2, 0) is 0 Å². The van der Waals surface area contributed by atoms with Gasteiger partial charge in [-0.2, -0.15) is 0 Å². The van der Waals surface area contributed by atoms with Crippen LogP contribution in [0.4, 0.5) is 0 Å². The van der Waals surface area contributed by atoms with Crippen molar-refractivity contribution in [1.82, 2.24) is 4.98 Å². The summed E-state index contributed by atoms with van der Waals surface area (Å²) in [5, 5.41) is 0. The highest BCUT2D eigenvalue weighted by Crippen LogP contribution is 2.17. The zero-order valence-electron chi connectivity index (χ0n) is 8.24. The number of oxazole rings is 1. The molecule has 2 N–H and O–H groups in total. The molecule has 0 fully saturated rings. The molecule has 0 aliphatic rings. The number of aryl methyl sites for hydroxylation is 1. The Morgan fingerprint density at radius 2 is 2.29 bits per heavy atom. The van der Waals surface area contributed by atoms with Crippen LogP contribution in [0.15, 0.2) is 28.3 Å². The first kappa shape index (κ1) is 8.81. The van der Waals surface area contributed by atoms with E-state index < -0.39 is 0 Å². The van der Waals surface area contributed by atoms with Gasteiger partial charge < -0.3 is 10.2 Å². The van der Waals surface area contributed by atoms with Gasteiger partial charge in [-0.1, -0.05) is 6.07 Å². The van der Waals surface area contributed by atoms with Gasteiger partial charge in [0, 0.05) is 12.6 Å². The molecule has 0 aliphatic heterocycles. The average Bonchev–Trinajstić information content (AvgIpc) is 2.42. The molecule has 0 spiro atoms. The largest absolute Gasteiger partial charge is 0.441 e. The normalized spacial score (nSPS) is 12.3. The number of rotatable bonds is 1. The van der Waals surface area contributed by atoms with Gasteiger partial charge in [-0.25, -0.2) is 4.98 Å². The van der Waals surface area contributed by atoms with E-state index in [2.05, 4.69) is 4.98 Å². The lowest BCUT2D eigenvalue weighted by atomic mass is 10.2. The van der Waals surface area contributed by atoms with Crippen molar-refractivity contribution in [3.05, 3.63) is 35.4 Å². The zero-order valence-corrected chi connectivity index (χ0v) is 8.24. The Morgan fingerprint density at radius 1 is 1.50 bits per heavy atom. The maximum Gasteiger partial charge on any atom is 0.192 e. The van der Waals surface area contributed by atoms with Crippen LogP contribution in [0.3, 0.4) is 0 Å². The number of hydrogen-bond acceptors (Lipinski definition) is 3. The smallest absolute Gasteiger partial charge is 0.192 e. The lowest BCUT2D eigenvalue weighted by Crippen LogP contribution is -1.89. The van der Waals surface area contributed by atoms with Gasteiger partial charge in [0.05, 0.1) is 0 Å². The van der Waals surface area contributed by atoms with Gasteiger partial charge in [-0.3, -0.25) is 0 Å². The summed E-state index contributed by atoms with van der Waals surface area (Å²) in [6.07, 6.45) is 1.91. The molecule has 0 amide bonds. The van der Waals surface area contributed by atoms with Gasteiger partial charge in [0.25, 0.3) is 0 Å². The first-order chi connectivity index (χ1) is 6.65. The second-order valence-corrected chi connectivity index (χ2v) is 3.35. The third-order valence-corrected chi connectivity index (χ3v) is 1.91. The zero-order chi connectivity index (χ0) is 10.1. The van der Waals surface area contributed by atoms with E-state index in [-0.39, 0.29) is 0 Å². The minimum atomic E-state index is 0.686. The van der Waals surface area contributed by atoms with Crippen molar-refractivity contribution in [2.45, 2.75) is 13.8 Å². The van der Waals surface area contributed by atoms with Crippen molar-refractivity contribution in [1.29, 1.82) is 0 Å². The van der Waals surface area contributed by atoms with Crippen LogP contribution in [0.5, 0.6) is 0 Å². The quantitative estimate of drug-likeness (QED) is 0.747. The molecule has 2 aromatic rings. The van der Waals surface area contributed by atoms with Crippen LogP contribution in [0.1, 0.15) is 18.4 Å². The van der Waals surface area contributed by atoms with E-state index in [0.29, 0.717) is 5.89 Å². The van der Waals surface area contributed by atoms with Gasteiger partial charge in [0.1, 0.15) is 5.52 Å². The molecule has 14 heavy (non-hydrogen) atoms. The summed E-state index contributed by atoms with van der Waals surface area (Å²) < 4.78 is 5.36. The van der Waals surface area contributed by atoms with Crippen molar-refractivity contribution < 1.29 is 4.42 Å². The fourth-order valence-electron chi connectivity index (χ4n) is 1.41. The molecule has 0 radical (unpaired) electrons. The predicted molar refractivity (Wildman–Crippen MR) is 56.6 cm³/mol. The van der Waals surface area contributed by atoms with Crippen LogP contribution in [0.2, 0.25) is 0 Å². The van der Waals surface area contributed by atoms with Crippen molar-refractivity contribution >= 4 is 17.2 Å². The highest BCUT2D eigenvalue weighted by Gasteiger charge is 2.01. The minimum Gasteiger partial charge on any atom is -0.441 e. The molecule has 1 heterocycles.